The van der Waals surface area contributed by atoms with Gasteiger partial charge in [-0.15, -0.1) is 11.8 Å². The van der Waals surface area contributed by atoms with Gasteiger partial charge < -0.3 is 10.4 Å². The Balaban J connectivity index is 2.31. The van der Waals surface area contributed by atoms with E-state index in [1.807, 2.05) is 5.32 Å². The summed E-state index contributed by atoms with van der Waals surface area (Å²) in [6.07, 6.45) is 0. The molecule has 0 radical (unpaired) electrons. The molecule has 0 bridgehead atoms. The van der Waals surface area contributed by atoms with Gasteiger partial charge in [-0.1, -0.05) is 0 Å². The van der Waals surface area contributed by atoms with Gasteiger partial charge in [-0.05, 0) is 0 Å². The molecule has 4 heteroatoms. The van der Waals surface area contributed by atoms with E-state index in [1.54, 1.807) is 11.8 Å². The summed E-state index contributed by atoms with van der Waals surface area (Å²) < 4.78 is 0. The van der Waals surface area contributed by atoms with Crippen LogP contribution in [0, 0.1) is 0 Å². The molecule has 1 unspecified atom stereocenters. The Hall–Kier alpha value is -0.220. The van der Waals surface area contributed by atoms with Crippen molar-refractivity contribution in [3.63, 3.8) is 0 Å². The van der Waals surface area contributed by atoms with Gasteiger partial charge in [-0.2, -0.15) is 0 Å². The van der Waals surface area contributed by atoms with Crippen molar-refractivity contribution in [1.29, 1.82) is 0 Å². The summed E-state index contributed by atoms with van der Waals surface area (Å²) in [7, 11) is 0. The third kappa shape index (κ3) is 1.87. The zero-order valence-electron chi connectivity index (χ0n) is 5.04. The number of nitrogens with two attached hydrogens (primary N) is 1. The van der Waals surface area contributed by atoms with Crippen LogP contribution in [0.5, 0.6) is 0 Å². The molecule has 1 fully saturated rings. The molecule has 1 saturated heterocycles. The molecule has 0 amide bonds. The maximum atomic E-state index is 10.3. The van der Waals surface area contributed by atoms with Gasteiger partial charge in [0.25, 0.3) is 0 Å². The summed E-state index contributed by atoms with van der Waals surface area (Å²) in [5, 5.41) is 10.4. The smallest absolute Gasteiger partial charge is 0.363 e. The lowest BCUT2D eigenvalue weighted by Crippen LogP contribution is -2.94. The van der Waals surface area contributed by atoms with E-state index in [1.165, 1.54) is 0 Å². The number of aliphatic carboxylic acids is 1. The van der Waals surface area contributed by atoms with Crippen LogP contribution in [0.25, 0.3) is 0 Å². The van der Waals surface area contributed by atoms with Crippen molar-refractivity contribution in [2.24, 2.45) is 0 Å². The highest BCUT2D eigenvalue weighted by Gasteiger charge is 2.23. The highest BCUT2D eigenvalue weighted by Crippen LogP contribution is 2.02. The minimum absolute atomic E-state index is 0.191. The Labute approximate surface area is 57.8 Å². The van der Waals surface area contributed by atoms with Crippen molar-refractivity contribution in [2.75, 3.05) is 18.1 Å². The Morgan fingerprint density at radius 1 is 1.78 bits per heavy atom. The molecule has 3 nitrogen and oxygen atoms in total. The lowest BCUT2D eigenvalue weighted by Gasteiger charge is -2.14. The van der Waals surface area contributed by atoms with E-state index in [2.05, 4.69) is 0 Å². The van der Waals surface area contributed by atoms with Crippen molar-refractivity contribution in [1.82, 2.24) is 0 Å². The zero-order chi connectivity index (χ0) is 6.69. The quantitative estimate of drug-likeness (QED) is 0.488. The summed E-state index contributed by atoms with van der Waals surface area (Å²) >= 11 is 1.72. The van der Waals surface area contributed by atoms with E-state index in [9.17, 15) is 4.79 Å². The number of hydrogen-bond acceptors (Lipinski definition) is 2. The van der Waals surface area contributed by atoms with Crippen LogP contribution in [0.3, 0.4) is 0 Å². The van der Waals surface area contributed by atoms with Crippen LogP contribution in [0.4, 0.5) is 0 Å². The number of carboxylic acid groups (broad SMARTS) is 1. The Morgan fingerprint density at radius 2 is 2.56 bits per heavy atom. The van der Waals surface area contributed by atoms with E-state index in [4.69, 9.17) is 5.11 Å². The number of carbonyl (C=O) groups is 1. The average molecular weight is 148 g/mol. The van der Waals surface area contributed by atoms with Gasteiger partial charge in [-0.25, -0.2) is 4.79 Å². The fourth-order valence-electron chi connectivity index (χ4n) is 0.803. The topological polar surface area (TPSA) is 53.9 Å². The fraction of sp³-hybridized carbons (Fsp3) is 0.800. The standard InChI is InChI=1S/C5H9NO2S/c7-5(8)4-3-9-2-1-6-4/h4,6H,1-3H2,(H,7,8)/p+1. The van der Waals surface area contributed by atoms with Crippen LogP contribution in [0.1, 0.15) is 0 Å². The predicted molar refractivity (Wildman–Crippen MR) is 35.5 cm³/mol. The second-order valence-corrected chi connectivity index (χ2v) is 3.19. The van der Waals surface area contributed by atoms with Crippen LogP contribution in [-0.4, -0.2) is 35.2 Å². The molecule has 3 N–H and O–H groups in total. The second kappa shape index (κ2) is 3.08. The molecule has 0 aromatic heterocycles. The molecule has 1 heterocycles. The first kappa shape index (κ1) is 6.89. The Morgan fingerprint density at radius 3 is 2.89 bits per heavy atom. The van der Waals surface area contributed by atoms with Gasteiger partial charge in [-0.3, -0.25) is 0 Å². The fourth-order valence-corrected chi connectivity index (χ4v) is 1.81. The summed E-state index contributed by atoms with van der Waals surface area (Å²) in [4.78, 5) is 10.3. The van der Waals surface area contributed by atoms with Gasteiger partial charge in [0.2, 0.25) is 0 Å². The molecule has 9 heavy (non-hydrogen) atoms. The molecule has 0 spiro atoms. The van der Waals surface area contributed by atoms with Gasteiger partial charge >= 0.3 is 5.97 Å². The number of rotatable bonds is 1. The molecule has 1 atom stereocenters. The van der Waals surface area contributed by atoms with Crippen molar-refractivity contribution in [2.45, 2.75) is 6.04 Å². The molecule has 52 valence electrons. The van der Waals surface area contributed by atoms with E-state index in [-0.39, 0.29) is 6.04 Å². The van der Waals surface area contributed by atoms with Gasteiger partial charge in [0.15, 0.2) is 6.04 Å². The Kier molecular flexibility index (Phi) is 2.36. The summed E-state index contributed by atoms with van der Waals surface area (Å²) in [5.41, 5.74) is 0. The van der Waals surface area contributed by atoms with Gasteiger partial charge in [0, 0.05) is 5.75 Å². The largest absolute Gasteiger partial charge is 0.477 e. The van der Waals surface area contributed by atoms with Crippen molar-refractivity contribution < 1.29 is 15.2 Å². The normalized spacial score (nSPS) is 27.8. The van der Waals surface area contributed by atoms with E-state index >= 15 is 0 Å². The summed E-state index contributed by atoms with van der Waals surface area (Å²) in [6.45, 7) is 0.946. The molecule has 0 aromatic rings. The zero-order valence-corrected chi connectivity index (χ0v) is 5.86. The number of carboxylic acids is 1. The van der Waals surface area contributed by atoms with Gasteiger partial charge in [0.1, 0.15) is 0 Å². The molecule has 1 aliphatic rings. The highest BCUT2D eigenvalue weighted by atomic mass is 32.2. The minimum Gasteiger partial charge on any atom is -0.477 e. The lowest BCUT2D eigenvalue weighted by atomic mass is 10.3. The first-order valence-electron chi connectivity index (χ1n) is 2.94. The monoisotopic (exact) mass is 148 g/mol. The minimum atomic E-state index is -0.679. The van der Waals surface area contributed by atoms with E-state index < -0.39 is 5.97 Å². The maximum absolute atomic E-state index is 10.3. The van der Waals surface area contributed by atoms with Crippen LogP contribution >= 0.6 is 11.8 Å². The van der Waals surface area contributed by atoms with Crippen LogP contribution < -0.4 is 5.32 Å². The third-order valence-electron chi connectivity index (χ3n) is 1.33. The predicted octanol–water partition coefficient (Wildman–Crippen LogP) is -1.25. The first-order valence-corrected chi connectivity index (χ1v) is 4.10. The SMILES string of the molecule is O=C(O)C1CSCC[NH2+]1. The number of thioether (sulfide) groups is 1. The number of hydrogen-bond donors (Lipinski definition) is 2. The molecular weight excluding hydrogens is 138 g/mol. The van der Waals surface area contributed by atoms with E-state index in [0.717, 1.165) is 18.1 Å². The van der Waals surface area contributed by atoms with Crippen molar-refractivity contribution >= 4 is 17.7 Å². The lowest BCUT2D eigenvalue weighted by molar-refractivity contribution is -0.671. The molecule has 1 rings (SSSR count). The summed E-state index contributed by atoms with van der Waals surface area (Å²) in [6, 6.07) is -0.191. The van der Waals surface area contributed by atoms with E-state index in [0.29, 0.717) is 0 Å². The molecule has 0 saturated carbocycles. The molecular formula is C5H10NO2S+. The van der Waals surface area contributed by atoms with Crippen LogP contribution in [-0.2, 0) is 4.79 Å². The van der Waals surface area contributed by atoms with Crippen molar-refractivity contribution in [3.8, 4) is 0 Å². The molecule has 0 aliphatic carbocycles. The second-order valence-electron chi connectivity index (χ2n) is 2.04. The summed E-state index contributed by atoms with van der Waals surface area (Å²) in [5.74, 6) is 1.17. The van der Waals surface area contributed by atoms with Crippen LogP contribution in [0.15, 0.2) is 0 Å². The molecule has 0 aromatic carbocycles. The van der Waals surface area contributed by atoms with Crippen molar-refractivity contribution in [3.05, 3.63) is 0 Å². The van der Waals surface area contributed by atoms with Crippen LogP contribution in [0.2, 0.25) is 0 Å². The van der Waals surface area contributed by atoms with Gasteiger partial charge in [0.05, 0.1) is 12.3 Å². The number of quaternary nitrogens is 1. The maximum Gasteiger partial charge on any atom is 0.363 e. The third-order valence-corrected chi connectivity index (χ3v) is 2.45. The average Bonchev–Trinajstić information content (AvgIpc) is 1.90. The molecule has 1 aliphatic heterocycles. The highest BCUT2D eigenvalue weighted by molar-refractivity contribution is 7.99. The Bertz CT molecular complexity index is 112. The first-order chi connectivity index (χ1) is 4.30.